The number of benzene rings is 1. The van der Waals surface area contributed by atoms with Gasteiger partial charge in [0.05, 0.1) is 18.2 Å². The fourth-order valence-corrected chi connectivity index (χ4v) is 1.95. The molecule has 1 aromatic carbocycles. The molecule has 22 heavy (non-hydrogen) atoms. The molecule has 0 bridgehead atoms. The van der Waals surface area contributed by atoms with E-state index in [1.165, 1.54) is 23.4 Å². The average molecular weight is 312 g/mol. The molecule has 0 radical (unpaired) electrons. The Balaban J connectivity index is 1.94. The number of rotatable bonds is 5. The van der Waals surface area contributed by atoms with Crippen molar-refractivity contribution >= 4 is 5.91 Å². The van der Waals surface area contributed by atoms with Gasteiger partial charge in [-0.25, -0.2) is 4.98 Å². The van der Waals surface area contributed by atoms with E-state index < -0.39 is 17.8 Å². The van der Waals surface area contributed by atoms with Crippen LogP contribution in [0.2, 0.25) is 0 Å². The molecule has 118 valence electrons. The lowest BCUT2D eigenvalue weighted by atomic mass is 10.0. The van der Waals surface area contributed by atoms with Gasteiger partial charge >= 0.3 is 6.18 Å². The zero-order chi connectivity index (χ0) is 16.2. The highest BCUT2D eigenvalue weighted by Crippen LogP contribution is 2.30. The molecule has 1 aromatic heterocycles. The Morgan fingerprint density at radius 1 is 1.41 bits per heavy atom. The molecule has 0 saturated carbocycles. The van der Waals surface area contributed by atoms with Crippen LogP contribution in [0, 0.1) is 0 Å². The number of carbonyl (C=O) groups excluding carboxylic acids is 1. The highest BCUT2D eigenvalue weighted by Gasteiger charge is 2.30. The highest BCUT2D eigenvalue weighted by atomic mass is 19.4. The maximum Gasteiger partial charge on any atom is 0.416 e. The van der Waals surface area contributed by atoms with Crippen molar-refractivity contribution < 1.29 is 18.0 Å². The van der Waals surface area contributed by atoms with Crippen LogP contribution in [0.1, 0.15) is 30.5 Å². The normalized spacial score (nSPS) is 12.9. The van der Waals surface area contributed by atoms with Gasteiger partial charge in [0.25, 0.3) is 0 Å². The maximum absolute atomic E-state index is 12.7. The standard InChI is InChI=1S/C14H15F3N4O/c1-10(11-3-2-4-12(7-11)14(15,16)17)20-13(22)5-6-21-9-18-8-19-21/h2-4,7-10H,5-6H2,1H3,(H,20,22)/t10-/m1/s1. The molecule has 1 heterocycles. The van der Waals surface area contributed by atoms with Gasteiger partial charge in [-0.3, -0.25) is 9.48 Å². The Bertz CT molecular complexity index is 625. The summed E-state index contributed by atoms with van der Waals surface area (Å²) in [5.41, 5.74) is -0.322. The lowest BCUT2D eigenvalue weighted by molar-refractivity contribution is -0.137. The molecule has 1 amide bonds. The number of alkyl halides is 3. The van der Waals surface area contributed by atoms with Gasteiger partial charge in [0.15, 0.2) is 0 Å². The summed E-state index contributed by atoms with van der Waals surface area (Å²) in [6.45, 7) is 2.00. The van der Waals surface area contributed by atoms with Crippen LogP contribution < -0.4 is 5.32 Å². The number of amides is 1. The Kier molecular flexibility index (Phi) is 4.79. The number of hydrogen-bond donors (Lipinski definition) is 1. The largest absolute Gasteiger partial charge is 0.416 e. The number of aromatic nitrogens is 3. The minimum atomic E-state index is -4.40. The molecule has 0 fully saturated rings. The van der Waals surface area contributed by atoms with Crippen molar-refractivity contribution in [2.45, 2.75) is 32.1 Å². The fraction of sp³-hybridized carbons (Fsp3) is 0.357. The van der Waals surface area contributed by atoms with Crippen LogP contribution in [0.3, 0.4) is 0 Å². The minimum absolute atomic E-state index is 0.173. The topological polar surface area (TPSA) is 59.8 Å². The van der Waals surface area contributed by atoms with Crippen LogP contribution in [0.15, 0.2) is 36.9 Å². The van der Waals surface area contributed by atoms with Gasteiger partial charge in [0, 0.05) is 6.42 Å². The van der Waals surface area contributed by atoms with Crippen molar-refractivity contribution in [1.82, 2.24) is 20.1 Å². The molecular weight excluding hydrogens is 297 g/mol. The number of nitrogens with zero attached hydrogens (tertiary/aromatic N) is 3. The second-order valence-corrected chi connectivity index (χ2v) is 4.82. The lowest BCUT2D eigenvalue weighted by Crippen LogP contribution is -2.27. The summed E-state index contributed by atoms with van der Waals surface area (Å²) >= 11 is 0. The van der Waals surface area contributed by atoms with Crippen LogP contribution in [-0.2, 0) is 17.5 Å². The molecule has 2 rings (SSSR count). The summed E-state index contributed by atoms with van der Waals surface area (Å²) in [5, 5.41) is 6.53. The quantitative estimate of drug-likeness (QED) is 0.923. The number of carbonyl (C=O) groups is 1. The summed E-state index contributed by atoms with van der Waals surface area (Å²) in [4.78, 5) is 15.6. The molecule has 0 unspecified atom stereocenters. The Labute approximate surface area is 125 Å². The van der Waals surface area contributed by atoms with Crippen molar-refractivity contribution in [2.75, 3.05) is 0 Å². The molecule has 0 aliphatic heterocycles. The molecule has 5 nitrogen and oxygen atoms in total. The van der Waals surface area contributed by atoms with Gasteiger partial charge in [-0.1, -0.05) is 12.1 Å². The molecule has 8 heteroatoms. The highest BCUT2D eigenvalue weighted by molar-refractivity contribution is 5.76. The van der Waals surface area contributed by atoms with E-state index in [1.807, 2.05) is 0 Å². The molecule has 0 saturated heterocycles. The zero-order valence-electron chi connectivity index (χ0n) is 11.8. The van der Waals surface area contributed by atoms with Crippen LogP contribution in [-0.4, -0.2) is 20.7 Å². The van der Waals surface area contributed by atoms with Crippen LogP contribution in [0.25, 0.3) is 0 Å². The third kappa shape index (κ3) is 4.31. The molecular formula is C14H15F3N4O. The third-order valence-corrected chi connectivity index (χ3v) is 3.13. The minimum Gasteiger partial charge on any atom is -0.350 e. The lowest BCUT2D eigenvalue weighted by Gasteiger charge is -2.16. The van der Waals surface area contributed by atoms with E-state index in [0.29, 0.717) is 12.1 Å². The summed E-state index contributed by atoms with van der Waals surface area (Å²) < 4.78 is 39.5. The SMILES string of the molecule is C[C@@H](NC(=O)CCn1cncn1)c1cccc(C(F)(F)F)c1. The van der Waals surface area contributed by atoms with Crippen LogP contribution >= 0.6 is 0 Å². The first-order chi connectivity index (χ1) is 10.4. The smallest absolute Gasteiger partial charge is 0.350 e. The maximum atomic E-state index is 12.7. The third-order valence-electron chi connectivity index (χ3n) is 3.13. The first-order valence-electron chi connectivity index (χ1n) is 6.65. The summed E-state index contributed by atoms with van der Waals surface area (Å²) in [7, 11) is 0. The van der Waals surface area contributed by atoms with Gasteiger partial charge in [-0.05, 0) is 24.6 Å². The Morgan fingerprint density at radius 3 is 2.82 bits per heavy atom. The summed E-state index contributed by atoms with van der Waals surface area (Å²) in [5.74, 6) is -0.264. The van der Waals surface area contributed by atoms with E-state index in [4.69, 9.17) is 0 Å². The van der Waals surface area contributed by atoms with Crippen LogP contribution in [0.5, 0.6) is 0 Å². The predicted molar refractivity (Wildman–Crippen MR) is 72.6 cm³/mol. The van der Waals surface area contributed by atoms with Gasteiger partial charge in [-0.15, -0.1) is 0 Å². The molecule has 0 aliphatic carbocycles. The van der Waals surface area contributed by atoms with E-state index in [1.54, 1.807) is 13.0 Å². The monoisotopic (exact) mass is 312 g/mol. The van der Waals surface area contributed by atoms with Gasteiger partial charge in [0.2, 0.25) is 5.91 Å². The molecule has 1 atom stereocenters. The number of aryl methyl sites for hydroxylation is 1. The van der Waals surface area contributed by atoms with E-state index in [2.05, 4.69) is 15.4 Å². The van der Waals surface area contributed by atoms with E-state index in [0.717, 1.165) is 12.1 Å². The number of nitrogens with one attached hydrogen (secondary N) is 1. The van der Waals surface area contributed by atoms with E-state index in [-0.39, 0.29) is 12.3 Å². The second-order valence-electron chi connectivity index (χ2n) is 4.82. The van der Waals surface area contributed by atoms with E-state index in [9.17, 15) is 18.0 Å². The van der Waals surface area contributed by atoms with E-state index >= 15 is 0 Å². The summed E-state index contributed by atoms with van der Waals surface area (Å²) in [6.07, 6.45) is -1.37. The first kappa shape index (κ1) is 16.0. The van der Waals surface area contributed by atoms with Crippen molar-refractivity contribution in [3.8, 4) is 0 Å². The Hall–Kier alpha value is -2.38. The van der Waals surface area contributed by atoms with Crippen molar-refractivity contribution in [3.05, 3.63) is 48.0 Å². The van der Waals surface area contributed by atoms with Crippen LogP contribution in [0.4, 0.5) is 13.2 Å². The molecule has 2 aromatic rings. The van der Waals surface area contributed by atoms with Gasteiger partial charge in [-0.2, -0.15) is 18.3 Å². The van der Waals surface area contributed by atoms with Gasteiger partial charge < -0.3 is 5.32 Å². The Morgan fingerprint density at radius 2 is 2.18 bits per heavy atom. The predicted octanol–water partition coefficient (Wildman–Crippen LogP) is 2.56. The fourth-order valence-electron chi connectivity index (χ4n) is 1.95. The molecule has 0 aliphatic rings. The van der Waals surface area contributed by atoms with Crippen molar-refractivity contribution in [2.24, 2.45) is 0 Å². The zero-order valence-corrected chi connectivity index (χ0v) is 11.8. The van der Waals surface area contributed by atoms with Crippen molar-refractivity contribution in [1.29, 1.82) is 0 Å². The molecule has 0 spiro atoms. The van der Waals surface area contributed by atoms with Gasteiger partial charge in [0.1, 0.15) is 12.7 Å². The molecule has 1 N–H and O–H groups in total. The second kappa shape index (κ2) is 6.59. The summed E-state index contributed by atoms with van der Waals surface area (Å²) in [6, 6.07) is 4.42. The number of hydrogen-bond acceptors (Lipinski definition) is 3. The first-order valence-corrected chi connectivity index (χ1v) is 6.65. The average Bonchev–Trinajstić information content (AvgIpc) is 2.97. The van der Waals surface area contributed by atoms with Crippen molar-refractivity contribution in [3.63, 3.8) is 0 Å². The number of halogens is 3.